The molecule has 0 bridgehead atoms. The molecular weight excluding hydrogens is 453 g/mol. The predicted octanol–water partition coefficient (Wildman–Crippen LogP) is 2.80. The van der Waals surface area contributed by atoms with Gasteiger partial charge in [-0.3, -0.25) is 19.1 Å². The number of benzene rings is 1. The number of ether oxygens (including phenoxy) is 1. The molecule has 2 aliphatic rings. The summed E-state index contributed by atoms with van der Waals surface area (Å²) in [5, 5.41) is 7.16. The molecule has 182 valence electrons. The number of rotatable bonds is 7. The van der Waals surface area contributed by atoms with Crippen molar-refractivity contribution in [3.05, 3.63) is 52.3 Å². The van der Waals surface area contributed by atoms with Gasteiger partial charge in [-0.15, -0.1) is 0 Å². The number of alkyl halides is 3. The molecule has 1 aromatic carbocycles. The van der Waals surface area contributed by atoms with Crippen molar-refractivity contribution in [2.24, 2.45) is 5.92 Å². The Balaban J connectivity index is 1.55. The number of hydrogen-bond acceptors (Lipinski definition) is 5. The van der Waals surface area contributed by atoms with Crippen LogP contribution in [-0.4, -0.2) is 52.7 Å². The van der Waals surface area contributed by atoms with E-state index in [0.29, 0.717) is 31.0 Å². The zero-order chi connectivity index (χ0) is 24.5. The zero-order valence-corrected chi connectivity index (χ0v) is 18.7. The molecule has 2 amide bonds. The molecule has 4 rings (SSSR count). The molecule has 1 N–H and O–H groups in total. The van der Waals surface area contributed by atoms with Crippen LogP contribution in [0.25, 0.3) is 0 Å². The van der Waals surface area contributed by atoms with Crippen molar-refractivity contribution < 1.29 is 32.3 Å². The van der Waals surface area contributed by atoms with Crippen LogP contribution in [0.4, 0.5) is 13.2 Å². The molecule has 0 spiro atoms. The molecule has 1 aliphatic heterocycles. The average Bonchev–Trinajstić information content (AvgIpc) is 3.57. The van der Waals surface area contributed by atoms with E-state index in [2.05, 4.69) is 15.2 Å². The van der Waals surface area contributed by atoms with Crippen LogP contribution in [0.2, 0.25) is 0 Å². The second-order valence-electron chi connectivity index (χ2n) is 8.54. The molecular formula is C23H25F3N4O4. The van der Waals surface area contributed by atoms with Crippen molar-refractivity contribution in [2.45, 2.75) is 44.9 Å². The van der Waals surface area contributed by atoms with Gasteiger partial charge in [0.05, 0.1) is 25.6 Å². The molecule has 0 unspecified atom stereocenters. The number of carbonyl (C=O) groups is 3. The lowest BCUT2D eigenvalue weighted by Gasteiger charge is -2.28. The van der Waals surface area contributed by atoms with Gasteiger partial charge in [-0.2, -0.15) is 18.3 Å². The highest BCUT2D eigenvalue weighted by Crippen LogP contribution is 2.33. The van der Waals surface area contributed by atoms with E-state index >= 15 is 0 Å². The van der Waals surface area contributed by atoms with Crippen LogP contribution in [0.5, 0.6) is 0 Å². The maximum Gasteiger partial charge on any atom is 0.416 e. The van der Waals surface area contributed by atoms with Crippen LogP contribution in [0.15, 0.2) is 24.3 Å². The number of methoxy groups -OCH3 is 1. The third-order valence-corrected chi connectivity index (χ3v) is 6.04. The van der Waals surface area contributed by atoms with Crippen LogP contribution in [0, 0.1) is 5.92 Å². The normalized spacial score (nSPS) is 15.6. The second-order valence-corrected chi connectivity index (χ2v) is 8.54. The monoisotopic (exact) mass is 478 g/mol. The number of hydrogen-bond donors (Lipinski definition) is 1. The van der Waals surface area contributed by atoms with Crippen molar-refractivity contribution in [3.63, 3.8) is 0 Å². The number of nitrogens with one attached hydrogen (secondary N) is 1. The fraction of sp³-hybridized carbons (Fsp3) is 0.478. The molecule has 34 heavy (non-hydrogen) atoms. The van der Waals surface area contributed by atoms with Crippen LogP contribution in [-0.2, 0) is 35.2 Å². The number of amides is 2. The van der Waals surface area contributed by atoms with Gasteiger partial charge in [0.15, 0.2) is 5.69 Å². The minimum absolute atomic E-state index is 0.00731. The smallest absolute Gasteiger partial charge is 0.416 e. The van der Waals surface area contributed by atoms with E-state index in [1.54, 1.807) is 0 Å². The van der Waals surface area contributed by atoms with E-state index in [4.69, 9.17) is 0 Å². The molecule has 8 nitrogen and oxygen atoms in total. The van der Waals surface area contributed by atoms with Crippen LogP contribution in [0.1, 0.15) is 56.9 Å². The molecule has 0 saturated heterocycles. The summed E-state index contributed by atoms with van der Waals surface area (Å²) in [5.41, 5.74) is 0.662. The van der Waals surface area contributed by atoms with E-state index in [1.807, 2.05) is 4.68 Å². The maximum atomic E-state index is 13.1. The van der Waals surface area contributed by atoms with Crippen molar-refractivity contribution in [2.75, 3.05) is 20.2 Å². The predicted molar refractivity (Wildman–Crippen MR) is 114 cm³/mol. The standard InChI is InChI=1S/C23H25F3N4O4/c1-34-19(31)7-9-27-21(32)20-17-13-29(10-8-18(17)30(28-20)12-14-5-6-14)22(33)15-3-2-4-16(11-15)23(24,25)26/h2-4,11,14H,5-10,12-13H2,1H3,(H,27,32). The lowest BCUT2D eigenvalue weighted by molar-refractivity contribution is -0.140. The summed E-state index contributed by atoms with van der Waals surface area (Å²) in [6.45, 7) is 1.12. The Morgan fingerprint density at radius 2 is 2.00 bits per heavy atom. The van der Waals surface area contributed by atoms with E-state index < -0.39 is 29.5 Å². The lowest BCUT2D eigenvalue weighted by Crippen LogP contribution is -2.37. The fourth-order valence-electron chi connectivity index (χ4n) is 4.02. The molecule has 1 aromatic heterocycles. The first kappa shape index (κ1) is 23.8. The number of nitrogens with zero attached hydrogens (tertiary/aromatic N) is 3. The molecule has 1 saturated carbocycles. The van der Waals surface area contributed by atoms with E-state index in [0.717, 1.165) is 30.7 Å². The highest BCUT2D eigenvalue weighted by atomic mass is 19.4. The Labute approximate surface area is 194 Å². The fourth-order valence-corrected chi connectivity index (χ4v) is 4.02. The highest BCUT2D eigenvalue weighted by molar-refractivity contribution is 5.96. The summed E-state index contributed by atoms with van der Waals surface area (Å²) >= 11 is 0. The molecule has 0 atom stereocenters. The zero-order valence-electron chi connectivity index (χ0n) is 18.7. The van der Waals surface area contributed by atoms with Crippen molar-refractivity contribution in [1.82, 2.24) is 20.0 Å². The minimum Gasteiger partial charge on any atom is -0.469 e. The quantitative estimate of drug-likeness (QED) is 0.618. The summed E-state index contributed by atoms with van der Waals surface area (Å²) < 4.78 is 45.7. The Hall–Kier alpha value is -3.37. The molecule has 1 fully saturated rings. The van der Waals surface area contributed by atoms with Crippen LogP contribution >= 0.6 is 0 Å². The third kappa shape index (κ3) is 5.23. The first-order valence-electron chi connectivity index (χ1n) is 11.1. The van der Waals surface area contributed by atoms with E-state index in [-0.39, 0.29) is 30.8 Å². The number of fused-ring (bicyclic) bond motifs is 1. The number of aromatic nitrogens is 2. The Bertz CT molecular complexity index is 1110. The largest absolute Gasteiger partial charge is 0.469 e. The van der Waals surface area contributed by atoms with Gasteiger partial charge in [0.25, 0.3) is 11.8 Å². The molecule has 2 aromatic rings. The average molecular weight is 478 g/mol. The second kappa shape index (κ2) is 9.47. The van der Waals surface area contributed by atoms with Gasteiger partial charge < -0.3 is 15.0 Å². The molecule has 11 heteroatoms. The number of halogens is 3. The summed E-state index contributed by atoms with van der Waals surface area (Å²) in [7, 11) is 1.26. The van der Waals surface area contributed by atoms with Gasteiger partial charge in [-0.1, -0.05) is 6.07 Å². The van der Waals surface area contributed by atoms with Crippen molar-refractivity contribution in [3.8, 4) is 0 Å². The molecule has 2 heterocycles. The van der Waals surface area contributed by atoms with Crippen molar-refractivity contribution in [1.29, 1.82) is 0 Å². The van der Waals surface area contributed by atoms with Gasteiger partial charge in [-0.05, 0) is 37.0 Å². The Kier molecular flexibility index (Phi) is 6.63. The van der Waals surface area contributed by atoms with E-state index in [9.17, 15) is 27.6 Å². The van der Waals surface area contributed by atoms with Crippen LogP contribution in [0.3, 0.4) is 0 Å². The summed E-state index contributed by atoms with van der Waals surface area (Å²) in [5.74, 6) is -0.963. The SMILES string of the molecule is COC(=O)CCNC(=O)c1nn(CC2CC2)c2c1CN(C(=O)c1cccc(C(F)(F)F)c1)CC2. The van der Waals surface area contributed by atoms with Gasteiger partial charge in [-0.25, -0.2) is 0 Å². The third-order valence-electron chi connectivity index (χ3n) is 6.04. The maximum absolute atomic E-state index is 13.1. The minimum atomic E-state index is -4.55. The van der Waals surface area contributed by atoms with Crippen LogP contribution < -0.4 is 5.32 Å². The summed E-state index contributed by atoms with van der Waals surface area (Å²) in [6.07, 6.45) is -1.92. The van der Waals surface area contributed by atoms with Crippen molar-refractivity contribution >= 4 is 17.8 Å². The first-order valence-corrected chi connectivity index (χ1v) is 11.1. The molecule has 1 aliphatic carbocycles. The van der Waals surface area contributed by atoms with Gasteiger partial charge in [0.2, 0.25) is 0 Å². The summed E-state index contributed by atoms with van der Waals surface area (Å²) in [6, 6.07) is 4.32. The first-order chi connectivity index (χ1) is 16.2. The Morgan fingerprint density at radius 1 is 1.24 bits per heavy atom. The number of carbonyl (C=O) groups excluding carboxylic acids is 3. The topological polar surface area (TPSA) is 93.5 Å². The highest BCUT2D eigenvalue weighted by Gasteiger charge is 2.34. The summed E-state index contributed by atoms with van der Waals surface area (Å²) in [4.78, 5) is 38.6. The van der Waals surface area contributed by atoms with Gasteiger partial charge >= 0.3 is 12.1 Å². The van der Waals surface area contributed by atoms with Gasteiger partial charge in [0.1, 0.15) is 0 Å². The number of esters is 1. The van der Waals surface area contributed by atoms with E-state index in [1.165, 1.54) is 24.1 Å². The molecule has 0 radical (unpaired) electrons. The lowest BCUT2D eigenvalue weighted by atomic mass is 10.0. The Morgan fingerprint density at radius 3 is 2.68 bits per heavy atom. The van der Waals surface area contributed by atoms with Gasteiger partial charge in [0, 0.05) is 42.9 Å².